The minimum Gasteiger partial charge on any atom is -0.349 e. The third-order valence-corrected chi connectivity index (χ3v) is 2.48. The summed E-state index contributed by atoms with van der Waals surface area (Å²) >= 11 is 5.61. The molecular weight excluding hydrogens is 162 g/mol. The van der Waals surface area contributed by atoms with Crippen LogP contribution in [0.25, 0.3) is 0 Å². The summed E-state index contributed by atoms with van der Waals surface area (Å²) in [6, 6.07) is 0. The Morgan fingerprint density at radius 2 is 2.27 bits per heavy atom. The molecule has 0 aliphatic heterocycles. The Balaban J connectivity index is 2.36. The maximum absolute atomic E-state index is 11.1. The van der Waals surface area contributed by atoms with E-state index in [1.165, 1.54) is 0 Å². The Labute approximate surface area is 72.3 Å². The molecule has 1 saturated carbocycles. The molecule has 0 heterocycles. The van der Waals surface area contributed by atoms with Crippen LogP contribution in [0.15, 0.2) is 0 Å². The Hall–Kier alpha value is -0.240. The lowest BCUT2D eigenvalue weighted by atomic mass is 10.2. The van der Waals surface area contributed by atoms with Crippen LogP contribution in [-0.4, -0.2) is 16.8 Å². The number of hydrogen-bond acceptors (Lipinski definition) is 1. The highest BCUT2D eigenvalue weighted by molar-refractivity contribution is 6.30. The van der Waals surface area contributed by atoms with Crippen LogP contribution in [0.3, 0.4) is 0 Å². The summed E-state index contributed by atoms with van der Waals surface area (Å²) in [5.41, 5.74) is 0.111. The van der Waals surface area contributed by atoms with Crippen LogP contribution in [-0.2, 0) is 4.79 Å². The van der Waals surface area contributed by atoms with Gasteiger partial charge in [-0.05, 0) is 26.2 Å². The monoisotopic (exact) mass is 175 g/mol. The van der Waals surface area contributed by atoms with Crippen LogP contribution in [0.2, 0.25) is 0 Å². The molecule has 0 saturated heterocycles. The number of carbonyl (C=O) groups is 1. The maximum atomic E-state index is 11.1. The van der Waals surface area contributed by atoms with Gasteiger partial charge in [-0.1, -0.05) is 6.92 Å². The van der Waals surface area contributed by atoms with Crippen LogP contribution in [0.4, 0.5) is 0 Å². The second-order valence-corrected chi connectivity index (χ2v) is 3.89. The number of halogens is 1. The zero-order valence-corrected chi connectivity index (χ0v) is 7.74. The molecule has 64 valence electrons. The van der Waals surface area contributed by atoms with Gasteiger partial charge >= 0.3 is 0 Å². The van der Waals surface area contributed by atoms with Crippen molar-refractivity contribution in [1.29, 1.82) is 0 Å². The standard InChI is InChI=1S/C8H14ClNO/c1-3-8(4-5-8)10-7(11)6(2)9/h6H,3-5H2,1-2H3,(H,10,11). The lowest BCUT2D eigenvalue weighted by molar-refractivity contribution is -0.121. The van der Waals surface area contributed by atoms with Crippen molar-refractivity contribution in [2.45, 2.75) is 44.0 Å². The number of hydrogen-bond donors (Lipinski definition) is 1. The van der Waals surface area contributed by atoms with E-state index in [-0.39, 0.29) is 11.4 Å². The molecule has 3 heteroatoms. The van der Waals surface area contributed by atoms with E-state index in [9.17, 15) is 4.79 Å². The van der Waals surface area contributed by atoms with Crippen molar-refractivity contribution in [2.75, 3.05) is 0 Å². The quantitative estimate of drug-likeness (QED) is 0.650. The predicted molar refractivity (Wildman–Crippen MR) is 45.7 cm³/mol. The van der Waals surface area contributed by atoms with Gasteiger partial charge in [0.2, 0.25) is 5.91 Å². The van der Waals surface area contributed by atoms with Gasteiger partial charge in [0.15, 0.2) is 0 Å². The van der Waals surface area contributed by atoms with E-state index in [0.29, 0.717) is 0 Å². The second-order valence-electron chi connectivity index (χ2n) is 3.24. The van der Waals surface area contributed by atoms with Gasteiger partial charge < -0.3 is 5.32 Å². The van der Waals surface area contributed by atoms with Crippen LogP contribution >= 0.6 is 11.6 Å². The minimum absolute atomic E-state index is 0.0361. The lowest BCUT2D eigenvalue weighted by Gasteiger charge is -2.15. The van der Waals surface area contributed by atoms with E-state index in [1.807, 2.05) is 0 Å². The van der Waals surface area contributed by atoms with Crippen molar-refractivity contribution < 1.29 is 4.79 Å². The molecule has 0 spiro atoms. The van der Waals surface area contributed by atoms with Gasteiger partial charge in [-0.25, -0.2) is 0 Å². The Morgan fingerprint density at radius 1 is 1.73 bits per heavy atom. The highest BCUT2D eigenvalue weighted by Gasteiger charge is 2.42. The van der Waals surface area contributed by atoms with Gasteiger partial charge in [0, 0.05) is 5.54 Å². The molecule has 1 fully saturated rings. The van der Waals surface area contributed by atoms with E-state index in [1.54, 1.807) is 6.92 Å². The topological polar surface area (TPSA) is 29.1 Å². The fraction of sp³-hybridized carbons (Fsp3) is 0.875. The van der Waals surface area contributed by atoms with Crippen molar-refractivity contribution in [1.82, 2.24) is 5.32 Å². The largest absolute Gasteiger partial charge is 0.349 e. The second kappa shape index (κ2) is 3.02. The molecule has 11 heavy (non-hydrogen) atoms. The smallest absolute Gasteiger partial charge is 0.238 e. The lowest BCUT2D eigenvalue weighted by Crippen LogP contribution is -2.39. The van der Waals surface area contributed by atoms with Gasteiger partial charge in [-0.3, -0.25) is 4.79 Å². The number of rotatable bonds is 3. The van der Waals surface area contributed by atoms with E-state index in [0.717, 1.165) is 19.3 Å². The molecule has 2 nitrogen and oxygen atoms in total. The molecule has 0 aromatic carbocycles. The van der Waals surface area contributed by atoms with Crippen LogP contribution in [0.1, 0.15) is 33.1 Å². The summed E-state index contributed by atoms with van der Waals surface area (Å²) in [4.78, 5) is 11.1. The molecule has 0 radical (unpaired) electrons. The summed E-state index contributed by atoms with van der Waals surface area (Å²) in [7, 11) is 0. The Bertz CT molecular complexity index is 163. The van der Waals surface area contributed by atoms with Crippen molar-refractivity contribution >= 4 is 17.5 Å². The molecule has 1 aliphatic carbocycles. The van der Waals surface area contributed by atoms with E-state index in [4.69, 9.17) is 11.6 Å². The summed E-state index contributed by atoms with van der Waals surface area (Å²) in [6.07, 6.45) is 3.24. The molecule has 1 atom stereocenters. The van der Waals surface area contributed by atoms with Crippen LogP contribution in [0.5, 0.6) is 0 Å². The Morgan fingerprint density at radius 3 is 2.55 bits per heavy atom. The first-order valence-corrected chi connectivity index (χ1v) is 4.49. The molecule has 1 aliphatic rings. The molecule has 0 aromatic heterocycles. The van der Waals surface area contributed by atoms with Gasteiger partial charge in [0.25, 0.3) is 0 Å². The van der Waals surface area contributed by atoms with Crippen LogP contribution in [0, 0.1) is 0 Å². The molecule has 1 unspecified atom stereocenters. The fourth-order valence-corrected chi connectivity index (χ4v) is 1.13. The summed E-state index contributed by atoms with van der Waals surface area (Å²) in [5, 5.41) is 2.54. The van der Waals surface area contributed by atoms with Crippen molar-refractivity contribution in [3.05, 3.63) is 0 Å². The summed E-state index contributed by atoms with van der Waals surface area (Å²) in [6.45, 7) is 3.79. The van der Waals surface area contributed by atoms with Crippen LogP contribution < -0.4 is 5.32 Å². The van der Waals surface area contributed by atoms with Gasteiger partial charge in [0.1, 0.15) is 5.38 Å². The number of nitrogens with one attached hydrogen (secondary N) is 1. The molecule has 0 aromatic rings. The number of alkyl halides is 1. The van der Waals surface area contributed by atoms with Crippen molar-refractivity contribution in [2.24, 2.45) is 0 Å². The maximum Gasteiger partial charge on any atom is 0.238 e. The first-order valence-electron chi connectivity index (χ1n) is 4.06. The zero-order chi connectivity index (χ0) is 8.48. The first kappa shape index (κ1) is 8.85. The fourth-order valence-electron chi connectivity index (χ4n) is 1.08. The third-order valence-electron chi connectivity index (χ3n) is 2.28. The first-order chi connectivity index (χ1) is 5.09. The average Bonchev–Trinajstić information content (AvgIpc) is 2.69. The van der Waals surface area contributed by atoms with Gasteiger partial charge in [-0.15, -0.1) is 11.6 Å². The van der Waals surface area contributed by atoms with Gasteiger partial charge in [-0.2, -0.15) is 0 Å². The number of amides is 1. The molecular formula is C8H14ClNO. The summed E-state index contributed by atoms with van der Waals surface area (Å²) < 4.78 is 0. The normalized spacial score (nSPS) is 22.5. The van der Waals surface area contributed by atoms with Crippen molar-refractivity contribution in [3.8, 4) is 0 Å². The predicted octanol–water partition coefficient (Wildman–Crippen LogP) is 1.67. The molecule has 0 bridgehead atoms. The number of carbonyl (C=O) groups excluding carboxylic acids is 1. The molecule has 1 N–H and O–H groups in total. The van der Waals surface area contributed by atoms with E-state index < -0.39 is 5.38 Å². The molecule has 1 rings (SSSR count). The Kier molecular flexibility index (Phi) is 2.43. The minimum atomic E-state index is -0.404. The summed E-state index contributed by atoms with van der Waals surface area (Å²) in [5.74, 6) is -0.0361. The zero-order valence-electron chi connectivity index (χ0n) is 6.98. The average molecular weight is 176 g/mol. The molecule has 1 amide bonds. The highest BCUT2D eigenvalue weighted by Crippen LogP contribution is 2.38. The third kappa shape index (κ3) is 2.09. The van der Waals surface area contributed by atoms with E-state index in [2.05, 4.69) is 12.2 Å². The highest BCUT2D eigenvalue weighted by atomic mass is 35.5. The van der Waals surface area contributed by atoms with E-state index >= 15 is 0 Å². The van der Waals surface area contributed by atoms with Gasteiger partial charge in [0.05, 0.1) is 0 Å². The van der Waals surface area contributed by atoms with Crippen molar-refractivity contribution in [3.63, 3.8) is 0 Å². The SMILES string of the molecule is CCC1(NC(=O)C(C)Cl)CC1.